The number of aliphatic hydroxyl groups excluding tert-OH is 5. The van der Waals surface area contributed by atoms with Gasteiger partial charge in [-0.2, -0.15) is 0 Å². The Morgan fingerprint density at radius 1 is 1.14 bits per heavy atom. The summed E-state index contributed by atoms with van der Waals surface area (Å²) in [5.74, 6) is -0.0654. The number of hydrogen-bond acceptors (Lipinski definition) is 9. The largest absolute Gasteiger partial charge is 0.508 e. The Balaban J connectivity index is 2.03. The second-order valence-corrected chi connectivity index (χ2v) is 8.04. The van der Waals surface area contributed by atoms with Crippen LogP contribution in [0.1, 0.15) is 38.0 Å². The highest BCUT2D eigenvalue weighted by Gasteiger charge is 2.44. The molecule has 0 bridgehead atoms. The summed E-state index contributed by atoms with van der Waals surface area (Å²) in [7, 11) is 0. The number of hydrogen-bond donors (Lipinski definition) is 7. The van der Waals surface area contributed by atoms with Crippen LogP contribution in [0.2, 0.25) is 0 Å². The maximum atomic E-state index is 10.4. The van der Waals surface area contributed by atoms with Gasteiger partial charge in [0.25, 0.3) is 0 Å². The van der Waals surface area contributed by atoms with Crippen LogP contribution in [0.5, 0.6) is 5.75 Å². The van der Waals surface area contributed by atoms with Crippen LogP contribution in [0.15, 0.2) is 18.2 Å². The molecule has 1 saturated heterocycles. The van der Waals surface area contributed by atoms with Gasteiger partial charge in [-0.05, 0) is 38.5 Å². The lowest BCUT2D eigenvalue weighted by molar-refractivity contribution is -0.304. The maximum Gasteiger partial charge on any atom is 0.187 e. The summed E-state index contributed by atoms with van der Waals surface area (Å²) in [6, 6.07) is 4.61. The van der Waals surface area contributed by atoms with Crippen LogP contribution >= 0.6 is 0 Å². The number of rotatable bonds is 7. The van der Waals surface area contributed by atoms with Crippen molar-refractivity contribution in [1.29, 1.82) is 0 Å². The highest BCUT2D eigenvalue weighted by Crippen LogP contribution is 2.27. The molecule has 1 unspecified atom stereocenters. The predicted molar refractivity (Wildman–Crippen MR) is 99.4 cm³/mol. The van der Waals surface area contributed by atoms with Crippen molar-refractivity contribution in [2.24, 2.45) is 0 Å². The number of β-amino-alcohol motifs (C(OH)–C–C–N with tert-alkyl or cyclic N) is 1. The minimum absolute atomic E-state index is 0.0654. The molecule has 1 fully saturated rings. The normalized spacial score (nSPS) is 29.6. The van der Waals surface area contributed by atoms with Crippen LogP contribution in [-0.2, 0) is 16.1 Å². The molecule has 9 nitrogen and oxygen atoms in total. The number of nitrogens with one attached hydrogen (secondary N) is 1. The molecule has 1 aliphatic heterocycles. The molecule has 0 spiro atoms. The molecule has 0 saturated carbocycles. The Hall–Kier alpha value is -1.30. The van der Waals surface area contributed by atoms with Gasteiger partial charge in [-0.1, -0.05) is 6.07 Å². The van der Waals surface area contributed by atoms with Crippen molar-refractivity contribution in [3.8, 4) is 5.75 Å². The highest BCUT2D eigenvalue weighted by atomic mass is 16.7. The summed E-state index contributed by atoms with van der Waals surface area (Å²) in [6.45, 7) is 5.53. The number of phenolic OH excluding ortho intramolecular Hbond substituents is 1. The monoisotopic (exact) mass is 401 g/mol. The van der Waals surface area contributed by atoms with Gasteiger partial charge in [0.1, 0.15) is 30.2 Å². The van der Waals surface area contributed by atoms with Crippen LogP contribution in [-0.4, -0.2) is 80.0 Å². The molecule has 0 amide bonds. The van der Waals surface area contributed by atoms with E-state index in [2.05, 4.69) is 5.32 Å². The molecule has 28 heavy (non-hydrogen) atoms. The first kappa shape index (κ1) is 23.0. The molecule has 0 aromatic heterocycles. The van der Waals surface area contributed by atoms with E-state index >= 15 is 0 Å². The zero-order valence-electron chi connectivity index (χ0n) is 16.3. The predicted octanol–water partition coefficient (Wildman–Crippen LogP) is -0.870. The van der Waals surface area contributed by atoms with Gasteiger partial charge in [-0.15, -0.1) is 0 Å². The molecule has 7 N–H and O–H groups in total. The highest BCUT2D eigenvalue weighted by molar-refractivity contribution is 5.36. The van der Waals surface area contributed by atoms with E-state index in [-0.39, 0.29) is 17.9 Å². The third-order valence-corrected chi connectivity index (χ3v) is 4.57. The number of aromatic hydroxyl groups is 1. The Kier molecular flexibility index (Phi) is 7.77. The standard InChI is InChI=1S/C19H31NO8/c1-19(2,3)20-7-13(23)10-4-5-12(22)11(6-10)9-27-18-17(26)16(25)15(24)14(8-21)28-18/h4-6,13-18,20-26H,7-9H2,1-3H3/t13?,14-,15+,16+,17-,18-/m1/s1. The van der Waals surface area contributed by atoms with Crippen molar-refractivity contribution < 1.29 is 40.1 Å². The second kappa shape index (κ2) is 9.47. The molecule has 6 atom stereocenters. The van der Waals surface area contributed by atoms with E-state index in [9.17, 15) is 30.6 Å². The zero-order chi connectivity index (χ0) is 21.1. The van der Waals surface area contributed by atoms with Crippen molar-refractivity contribution in [2.75, 3.05) is 13.2 Å². The Labute approximate surface area is 164 Å². The number of phenols is 1. The lowest BCUT2D eigenvalue weighted by Gasteiger charge is -2.39. The van der Waals surface area contributed by atoms with Crippen molar-refractivity contribution in [3.63, 3.8) is 0 Å². The van der Waals surface area contributed by atoms with E-state index in [1.54, 1.807) is 12.1 Å². The Morgan fingerprint density at radius 2 is 1.82 bits per heavy atom. The van der Waals surface area contributed by atoms with E-state index < -0.39 is 43.4 Å². The van der Waals surface area contributed by atoms with Gasteiger partial charge >= 0.3 is 0 Å². The topological polar surface area (TPSA) is 152 Å². The fourth-order valence-electron chi connectivity index (χ4n) is 2.83. The molecule has 9 heteroatoms. The fraction of sp³-hybridized carbons (Fsp3) is 0.684. The van der Waals surface area contributed by atoms with Crippen LogP contribution < -0.4 is 5.32 Å². The molecule has 1 aliphatic rings. The van der Waals surface area contributed by atoms with Gasteiger partial charge in [-0.25, -0.2) is 0 Å². The number of ether oxygens (including phenoxy) is 2. The Bertz CT molecular complexity index is 633. The second-order valence-electron chi connectivity index (χ2n) is 8.04. The molecule has 1 aromatic rings. The molecular weight excluding hydrogens is 370 g/mol. The first-order valence-electron chi connectivity index (χ1n) is 9.20. The van der Waals surface area contributed by atoms with Crippen molar-refractivity contribution >= 4 is 0 Å². The lowest BCUT2D eigenvalue weighted by atomic mass is 9.99. The van der Waals surface area contributed by atoms with Crippen LogP contribution in [0.25, 0.3) is 0 Å². The maximum absolute atomic E-state index is 10.4. The fourth-order valence-corrected chi connectivity index (χ4v) is 2.83. The van der Waals surface area contributed by atoms with Crippen LogP contribution in [0.3, 0.4) is 0 Å². The van der Waals surface area contributed by atoms with E-state index in [1.807, 2.05) is 20.8 Å². The summed E-state index contributed by atoms with van der Waals surface area (Å²) in [5, 5.41) is 62.4. The van der Waals surface area contributed by atoms with Gasteiger partial charge < -0.3 is 45.4 Å². The minimum atomic E-state index is -1.54. The van der Waals surface area contributed by atoms with Gasteiger partial charge in [0.05, 0.1) is 19.3 Å². The van der Waals surface area contributed by atoms with Gasteiger partial charge in [0, 0.05) is 17.6 Å². The summed E-state index contributed by atoms with van der Waals surface area (Å²) in [6.07, 6.45) is -7.71. The first-order valence-corrected chi connectivity index (χ1v) is 9.20. The third-order valence-electron chi connectivity index (χ3n) is 4.57. The van der Waals surface area contributed by atoms with Crippen molar-refractivity contribution in [2.45, 2.75) is 69.7 Å². The van der Waals surface area contributed by atoms with Gasteiger partial charge in [0.15, 0.2) is 6.29 Å². The molecular formula is C19H31NO8. The average Bonchev–Trinajstić information content (AvgIpc) is 2.64. The van der Waals surface area contributed by atoms with Crippen molar-refractivity contribution in [3.05, 3.63) is 29.3 Å². The quantitative estimate of drug-likeness (QED) is 0.309. The lowest BCUT2D eigenvalue weighted by Crippen LogP contribution is -2.59. The van der Waals surface area contributed by atoms with Crippen LogP contribution in [0.4, 0.5) is 0 Å². The summed E-state index contributed by atoms with van der Waals surface area (Å²) in [4.78, 5) is 0. The van der Waals surface area contributed by atoms with E-state index in [1.165, 1.54) is 6.07 Å². The van der Waals surface area contributed by atoms with E-state index in [0.717, 1.165) is 0 Å². The number of benzene rings is 1. The average molecular weight is 401 g/mol. The summed E-state index contributed by atoms with van der Waals surface area (Å²) >= 11 is 0. The van der Waals surface area contributed by atoms with Gasteiger partial charge in [-0.3, -0.25) is 0 Å². The number of aliphatic hydroxyl groups is 5. The molecule has 1 heterocycles. The molecule has 0 aliphatic carbocycles. The molecule has 1 aromatic carbocycles. The van der Waals surface area contributed by atoms with E-state index in [0.29, 0.717) is 17.7 Å². The minimum Gasteiger partial charge on any atom is -0.508 e. The van der Waals surface area contributed by atoms with Crippen molar-refractivity contribution in [1.82, 2.24) is 5.32 Å². The zero-order valence-corrected chi connectivity index (χ0v) is 16.3. The Morgan fingerprint density at radius 3 is 2.43 bits per heavy atom. The molecule has 0 radical (unpaired) electrons. The first-order chi connectivity index (χ1) is 13.0. The molecule has 160 valence electrons. The summed E-state index contributed by atoms with van der Waals surface area (Å²) in [5.41, 5.74) is 0.763. The smallest absolute Gasteiger partial charge is 0.187 e. The molecule has 2 rings (SSSR count). The van der Waals surface area contributed by atoms with Gasteiger partial charge in [0.2, 0.25) is 0 Å². The van der Waals surface area contributed by atoms with Crippen LogP contribution in [0, 0.1) is 0 Å². The third kappa shape index (κ3) is 5.85. The van der Waals surface area contributed by atoms with E-state index in [4.69, 9.17) is 9.47 Å². The SMILES string of the molecule is CC(C)(C)NCC(O)c1ccc(O)c(CO[C@@H]2O[C@H](CO)[C@H](O)[C@H](O)[C@H]2O)c1. The summed E-state index contributed by atoms with van der Waals surface area (Å²) < 4.78 is 10.7.